The summed E-state index contributed by atoms with van der Waals surface area (Å²) in [6, 6.07) is 14.9. The molecule has 0 unspecified atom stereocenters. The molecule has 2 aromatic rings. The second-order valence-electron chi connectivity index (χ2n) is 6.07. The highest BCUT2D eigenvalue weighted by Gasteiger charge is 2.06. The minimum Gasteiger partial charge on any atom is -0.508 e. The smallest absolute Gasteiger partial charge is 0.162 e. The second kappa shape index (κ2) is 9.14. The molecule has 2 aromatic carbocycles. The summed E-state index contributed by atoms with van der Waals surface area (Å²) < 4.78 is 0. The van der Waals surface area contributed by atoms with E-state index in [1.807, 2.05) is 36.4 Å². The fraction of sp³-hybridized carbons (Fsp3) is 0.381. The zero-order chi connectivity index (χ0) is 16.5. The molecular formula is C21H26O2. The van der Waals surface area contributed by atoms with Gasteiger partial charge in [0.05, 0.1) is 0 Å². The van der Waals surface area contributed by atoms with Crippen molar-refractivity contribution in [2.45, 2.75) is 51.9 Å². The summed E-state index contributed by atoms with van der Waals surface area (Å²) in [6.45, 7) is 2.21. The van der Waals surface area contributed by atoms with E-state index in [1.165, 1.54) is 25.7 Å². The Morgan fingerprint density at radius 2 is 1.30 bits per heavy atom. The number of Topliss-reactive ketones (excluding diaryl/α,β-unsaturated/α-hetero) is 1. The van der Waals surface area contributed by atoms with Crippen LogP contribution in [0.25, 0.3) is 11.1 Å². The molecule has 0 fully saturated rings. The molecule has 0 aliphatic rings. The number of unbranched alkanes of at least 4 members (excludes halogenated alkanes) is 5. The number of hydrogen-bond donors (Lipinski definition) is 1. The summed E-state index contributed by atoms with van der Waals surface area (Å²) in [4.78, 5) is 12.2. The molecule has 0 atom stereocenters. The molecule has 0 aliphatic heterocycles. The first-order chi connectivity index (χ1) is 11.2. The zero-order valence-electron chi connectivity index (χ0n) is 13.9. The van der Waals surface area contributed by atoms with Crippen LogP contribution in [0.3, 0.4) is 0 Å². The molecule has 23 heavy (non-hydrogen) atoms. The first kappa shape index (κ1) is 17.3. The fourth-order valence-corrected chi connectivity index (χ4v) is 2.71. The summed E-state index contributed by atoms with van der Waals surface area (Å²) in [5, 5.41) is 9.33. The van der Waals surface area contributed by atoms with Crippen LogP contribution in [0, 0.1) is 0 Å². The van der Waals surface area contributed by atoms with E-state index >= 15 is 0 Å². The molecule has 0 amide bonds. The number of ketones is 1. The van der Waals surface area contributed by atoms with E-state index in [0.717, 1.165) is 29.5 Å². The van der Waals surface area contributed by atoms with E-state index in [2.05, 4.69) is 6.92 Å². The van der Waals surface area contributed by atoms with Gasteiger partial charge in [-0.2, -0.15) is 0 Å². The fourth-order valence-electron chi connectivity index (χ4n) is 2.71. The van der Waals surface area contributed by atoms with Crippen molar-refractivity contribution in [1.82, 2.24) is 0 Å². The lowest BCUT2D eigenvalue weighted by atomic mass is 10.00. The Bertz CT molecular complexity index is 597. The number of rotatable bonds is 9. The SMILES string of the molecule is CCCCCCCCC(=O)c1ccc(-c2ccc(O)cc2)cc1. The van der Waals surface area contributed by atoms with Gasteiger partial charge in [0.15, 0.2) is 5.78 Å². The van der Waals surface area contributed by atoms with E-state index in [9.17, 15) is 9.90 Å². The summed E-state index contributed by atoms with van der Waals surface area (Å²) in [5.74, 6) is 0.497. The van der Waals surface area contributed by atoms with Gasteiger partial charge in [-0.1, -0.05) is 75.4 Å². The van der Waals surface area contributed by atoms with Crippen LogP contribution in [0.2, 0.25) is 0 Å². The number of carbonyl (C=O) groups excluding carboxylic acids is 1. The number of phenols is 1. The third kappa shape index (κ3) is 5.55. The van der Waals surface area contributed by atoms with E-state index in [4.69, 9.17) is 0 Å². The van der Waals surface area contributed by atoms with Crippen molar-refractivity contribution < 1.29 is 9.90 Å². The maximum absolute atomic E-state index is 12.2. The standard InChI is InChI=1S/C21H26O2/c1-2-3-4-5-6-7-8-21(23)19-11-9-17(10-12-19)18-13-15-20(22)16-14-18/h9-16,22H,2-8H2,1H3. The summed E-state index contributed by atoms with van der Waals surface area (Å²) in [7, 11) is 0. The van der Waals surface area contributed by atoms with E-state index in [0.29, 0.717) is 6.42 Å². The Morgan fingerprint density at radius 3 is 1.91 bits per heavy atom. The predicted octanol–water partition coefficient (Wildman–Crippen LogP) is 5.99. The molecule has 0 heterocycles. The highest BCUT2D eigenvalue weighted by Crippen LogP contribution is 2.22. The van der Waals surface area contributed by atoms with Gasteiger partial charge in [0.2, 0.25) is 0 Å². The molecule has 0 aromatic heterocycles. The van der Waals surface area contributed by atoms with E-state index < -0.39 is 0 Å². The lowest BCUT2D eigenvalue weighted by molar-refractivity contribution is 0.0979. The number of carbonyl (C=O) groups is 1. The van der Waals surface area contributed by atoms with E-state index in [1.54, 1.807) is 12.1 Å². The van der Waals surface area contributed by atoms with Crippen LogP contribution in [-0.4, -0.2) is 10.9 Å². The van der Waals surface area contributed by atoms with Gasteiger partial charge in [0.1, 0.15) is 5.75 Å². The third-order valence-corrected chi connectivity index (χ3v) is 4.16. The Labute approximate surface area is 139 Å². The van der Waals surface area contributed by atoms with Crippen LogP contribution in [0.4, 0.5) is 0 Å². The van der Waals surface area contributed by atoms with Crippen molar-refractivity contribution >= 4 is 5.78 Å². The van der Waals surface area contributed by atoms with Crippen LogP contribution in [0.1, 0.15) is 62.2 Å². The van der Waals surface area contributed by atoms with Crippen LogP contribution in [0.15, 0.2) is 48.5 Å². The van der Waals surface area contributed by atoms with Crippen LogP contribution < -0.4 is 0 Å². The normalized spacial score (nSPS) is 10.7. The number of phenolic OH excluding ortho intramolecular Hbond substituents is 1. The minimum absolute atomic E-state index is 0.234. The van der Waals surface area contributed by atoms with Crippen molar-refractivity contribution in [1.29, 1.82) is 0 Å². The largest absolute Gasteiger partial charge is 0.508 e. The predicted molar refractivity (Wildman–Crippen MR) is 95.9 cm³/mol. The molecule has 1 N–H and O–H groups in total. The molecular weight excluding hydrogens is 284 g/mol. The highest BCUT2D eigenvalue weighted by molar-refractivity contribution is 5.96. The molecule has 2 rings (SSSR count). The van der Waals surface area contributed by atoms with Gasteiger partial charge < -0.3 is 5.11 Å². The van der Waals surface area contributed by atoms with Gasteiger partial charge in [-0.3, -0.25) is 4.79 Å². The first-order valence-corrected chi connectivity index (χ1v) is 8.63. The van der Waals surface area contributed by atoms with Gasteiger partial charge in [-0.25, -0.2) is 0 Å². The number of hydrogen-bond acceptors (Lipinski definition) is 2. The topological polar surface area (TPSA) is 37.3 Å². The van der Waals surface area contributed by atoms with Crippen molar-refractivity contribution in [3.63, 3.8) is 0 Å². The molecule has 122 valence electrons. The van der Waals surface area contributed by atoms with Gasteiger partial charge >= 0.3 is 0 Å². The molecule has 2 nitrogen and oxygen atoms in total. The summed E-state index contributed by atoms with van der Waals surface area (Å²) in [5.41, 5.74) is 2.89. The molecule has 2 heteroatoms. The van der Waals surface area contributed by atoms with Gasteiger partial charge in [0, 0.05) is 12.0 Å². The van der Waals surface area contributed by atoms with Gasteiger partial charge in [-0.15, -0.1) is 0 Å². The molecule has 0 saturated carbocycles. The number of benzene rings is 2. The molecule has 0 bridgehead atoms. The average Bonchev–Trinajstić information content (AvgIpc) is 2.58. The Balaban J connectivity index is 1.84. The Hall–Kier alpha value is -2.09. The lowest BCUT2D eigenvalue weighted by Gasteiger charge is -2.05. The average molecular weight is 310 g/mol. The Morgan fingerprint density at radius 1 is 0.783 bits per heavy atom. The maximum atomic E-state index is 12.2. The second-order valence-corrected chi connectivity index (χ2v) is 6.07. The maximum Gasteiger partial charge on any atom is 0.162 e. The van der Waals surface area contributed by atoms with Gasteiger partial charge in [-0.05, 0) is 29.7 Å². The monoisotopic (exact) mass is 310 g/mol. The minimum atomic E-state index is 0.234. The molecule has 0 spiro atoms. The van der Waals surface area contributed by atoms with Crippen LogP contribution >= 0.6 is 0 Å². The van der Waals surface area contributed by atoms with Crippen molar-refractivity contribution in [3.05, 3.63) is 54.1 Å². The highest BCUT2D eigenvalue weighted by atomic mass is 16.3. The third-order valence-electron chi connectivity index (χ3n) is 4.16. The Kier molecular flexibility index (Phi) is 6.86. The lowest BCUT2D eigenvalue weighted by Crippen LogP contribution is -1.98. The molecule has 0 saturated heterocycles. The van der Waals surface area contributed by atoms with Crippen molar-refractivity contribution in [2.75, 3.05) is 0 Å². The summed E-state index contributed by atoms with van der Waals surface area (Å²) in [6.07, 6.45) is 7.86. The van der Waals surface area contributed by atoms with Crippen LogP contribution in [-0.2, 0) is 0 Å². The zero-order valence-corrected chi connectivity index (χ0v) is 13.9. The van der Waals surface area contributed by atoms with Crippen molar-refractivity contribution in [3.8, 4) is 16.9 Å². The quantitative estimate of drug-likeness (QED) is 0.456. The van der Waals surface area contributed by atoms with E-state index in [-0.39, 0.29) is 11.5 Å². The first-order valence-electron chi connectivity index (χ1n) is 8.63. The number of aromatic hydroxyl groups is 1. The van der Waals surface area contributed by atoms with Crippen LogP contribution in [0.5, 0.6) is 5.75 Å². The van der Waals surface area contributed by atoms with Crippen molar-refractivity contribution in [2.24, 2.45) is 0 Å². The molecule has 0 aliphatic carbocycles. The van der Waals surface area contributed by atoms with Gasteiger partial charge in [0.25, 0.3) is 0 Å². The molecule has 0 radical (unpaired) electrons. The summed E-state index contributed by atoms with van der Waals surface area (Å²) >= 11 is 0.